The maximum atomic E-state index is 12.4. The van der Waals surface area contributed by atoms with Crippen LogP contribution in [0.5, 0.6) is 0 Å². The average Bonchev–Trinajstić information content (AvgIpc) is 4.15. The normalized spacial score (nSPS) is 17.0. The van der Waals surface area contributed by atoms with Crippen molar-refractivity contribution in [3.63, 3.8) is 0 Å². The van der Waals surface area contributed by atoms with Gasteiger partial charge in [0.25, 0.3) is 0 Å². The van der Waals surface area contributed by atoms with Crippen LogP contribution >= 0.6 is 0 Å². The number of anilines is 4. The first kappa shape index (κ1) is 42.7. The smallest absolute Gasteiger partial charge is 0.229 e. The van der Waals surface area contributed by atoms with Gasteiger partial charge in [-0.1, -0.05) is 0 Å². The highest BCUT2D eigenvalue weighted by Crippen LogP contribution is 2.41. The molecule has 6 N–H and O–H groups in total. The molecule has 0 unspecified atom stereocenters. The number of nitrogens with one attached hydrogen (secondary N) is 2. The number of hydrogen-bond donors (Lipinski definition) is 4. The van der Waals surface area contributed by atoms with E-state index >= 15 is 0 Å². The number of carbonyl (C=O) groups is 2. The van der Waals surface area contributed by atoms with E-state index in [1.54, 1.807) is 58.7 Å². The van der Waals surface area contributed by atoms with E-state index in [9.17, 15) is 9.59 Å². The third-order valence-corrected chi connectivity index (χ3v) is 11.9. The monoisotopic (exact) mass is 876 g/mol. The first-order chi connectivity index (χ1) is 31.8. The molecule has 8 aromatic rings. The summed E-state index contributed by atoms with van der Waals surface area (Å²) in [5, 5.41) is 17.2. The molecular weight excluding hydrogens is 833 g/mol. The zero-order valence-corrected chi connectivity index (χ0v) is 36.6. The van der Waals surface area contributed by atoms with E-state index in [-0.39, 0.29) is 35.5 Å². The zero-order valence-electron chi connectivity index (χ0n) is 36.6. The Balaban J connectivity index is 0.000000166. The van der Waals surface area contributed by atoms with Crippen molar-refractivity contribution in [3.05, 3.63) is 120 Å². The van der Waals surface area contributed by atoms with Crippen LogP contribution in [0.3, 0.4) is 0 Å². The van der Waals surface area contributed by atoms with E-state index in [4.69, 9.17) is 24.6 Å². The largest absolute Gasteiger partial charge is 0.383 e. The topological polar surface area (TPSA) is 232 Å². The summed E-state index contributed by atoms with van der Waals surface area (Å²) in [6.07, 6.45) is 15.7. The van der Waals surface area contributed by atoms with Crippen molar-refractivity contribution in [1.82, 2.24) is 49.5 Å². The quantitative estimate of drug-likeness (QED) is 0.102. The summed E-state index contributed by atoms with van der Waals surface area (Å²) in [6.45, 7) is 18.7. The molecule has 2 aliphatic carbocycles. The molecule has 0 radical (unpaired) electrons. The van der Waals surface area contributed by atoms with Gasteiger partial charge < -0.3 is 31.8 Å². The van der Waals surface area contributed by atoms with Crippen LogP contribution in [-0.4, -0.2) is 74.4 Å². The maximum Gasteiger partial charge on any atom is 0.229 e. The number of nitrogens with zero attached hydrogens (tertiary/aromatic N) is 12. The number of hydrogen-bond acceptors (Lipinski definition) is 12. The van der Waals surface area contributed by atoms with Crippen molar-refractivity contribution in [1.29, 1.82) is 0 Å². The minimum absolute atomic E-state index is 0.0937. The van der Waals surface area contributed by atoms with Crippen LogP contribution in [0.4, 0.5) is 23.3 Å². The second-order valence-corrected chi connectivity index (χ2v) is 16.8. The number of pyridine rings is 6. The molecule has 2 fully saturated rings. The molecule has 0 aliphatic heterocycles. The molecule has 10 rings (SSSR count). The molecule has 18 nitrogen and oxygen atoms in total. The summed E-state index contributed by atoms with van der Waals surface area (Å²) in [5.74, 6) is 1.54. The van der Waals surface area contributed by atoms with Crippen molar-refractivity contribution in [2.45, 2.75) is 26.7 Å². The highest BCUT2D eigenvalue weighted by Gasteiger charge is 2.46. The summed E-state index contributed by atoms with van der Waals surface area (Å²) in [5.41, 5.74) is 21.2. The molecule has 8 aromatic heterocycles. The van der Waals surface area contributed by atoms with Gasteiger partial charge in [0.2, 0.25) is 24.9 Å². The maximum absolute atomic E-state index is 12.4. The lowest BCUT2D eigenvalue weighted by Gasteiger charge is -2.11. The molecule has 0 saturated heterocycles. The Morgan fingerprint density at radius 3 is 1.41 bits per heavy atom. The molecule has 0 spiro atoms. The van der Waals surface area contributed by atoms with Gasteiger partial charge in [0.05, 0.1) is 35.2 Å². The van der Waals surface area contributed by atoms with Crippen LogP contribution in [0.1, 0.15) is 24.0 Å². The number of nitrogens with two attached hydrogens (primary N) is 2. The van der Waals surface area contributed by atoms with Crippen LogP contribution in [0.15, 0.2) is 86.0 Å². The second-order valence-electron chi connectivity index (χ2n) is 16.8. The van der Waals surface area contributed by atoms with Crippen LogP contribution in [0, 0.1) is 50.7 Å². The van der Waals surface area contributed by atoms with E-state index < -0.39 is 0 Å². The number of fused-ring (bicyclic) bond motifs is 2. The number of aryl methyl sites for hydroxylation is 4. The number of rotatable bonds is 10. The first-order valence-electron chi connectivity index (χ1n) is 21.2. The SMILES string of the molecule is [C-]#[N+]C[C@@H]1C[C@H]1C(=O)Nc1cc2cc(-c3cnc(-c4cnn(C)c4)cc3C)nc(N)c2cn1.[C-]#[N+]C[C@H]1C[C@@H]1C(=O)Nc1cc2cc(-c3cnc(-c4cnn(C)c4)cc3C)nc(N)c2cn1. The van der Waals surface area contributed by atoms with Gasteiger partial charge in [-0.05, 0) is 85.0 Å². The van der Waals surface area contributed by atoms with Crippen molar-refractivity contribution in [3.8, 4) is 45.0 Å². The Bertz CT molecular complexity index is 3090. The summed E-state index contributed by atoms with van der Waals surface area (Å²) in [6, 6.07) is 11.5. The molecule has 328 valence electrons. The van der Waals surface area contributed by atoms with Gasteiger partial charge in [-0.25, -0.2) is 33.1 Å². The molecule has 2 saturated carbocycles. The van der Waals surface area contributed by atoms with E-state index in [1.165, 1.54) is 0 Å². The predicted octanol–water partition coefficient (Wildman–Crippen LogP) is 6.95. The standard InChI is InChI=1S/2C24H22N8O/c2*1-13-4-20(16-9-29-32(3)12-16)27-10-18(13)21-6-14-7-22(28-11-19(14)23(25)30-21)31-24(33)17-5-15(17)8-26-2/h2*4,6-7,9-12,15,17H,5,8H2,1,3H3,(H2,25,30)(H,28,31,33)/t2*15-,17+/m10/s1. The van der Waals surface area contributed by atoms with E-state index in [2.05, 4.69) is 60.4 Å². The minimum atomic E-state index is -0.110. The van der Waals surface area contributed by atoms with E-state index in [0.717, 1.165) is 68.4 Å². The molecule has 8 heterocycles. The van der Waals surface area contributed by atoms with Crippen LogP contribution in [0.2, 0.25) is 0 Å². The second kappa shape index (κ2) is 17.5. The Kier molecular flexibility index (Phi) is 11.3. The Morgan fingerprint density at radius 1 is 0.621 bits per heavy atom. The predicted molar refractivity (Wildman–Crippen MR) is 252 cm³/mol. The third kappa shape index (κ3) is 8.93. The lowest BCUT2D eigenvalue weighted by Crippen LogP contribution is -2.16. The summed E-state index contributed by atoms with van der Waals surface area (Å²) < 4.78 is 3.48. The summed E-state index contributed by atoms with van der Waals surface area (Å²) in [4.78, 5) is 58.6. The Morgan fingerprint density at radius 2 is 1.05 bits per heavy atom. The van der Waals surface area contributed by atoms with Crippen molar-refractivity contribution in [2.24, 2.45) is 37.8 Å². The van der Waals surface area contributed by atoms with Gasteiger partial charge in [0, 0.05) is 108 Å². The molecule has 0 bridgehead atoms. The Hall–Kier alpha value is -8.64. The van der Waals surface area contributed by atoms with Gasteiger partial charge in [-0.2, -0.15) is 10.2 Å². The highest BCUT2D eigenvalue weighted by atomic mass is 16.2. The van der Waals surface area contributed by atoms with Crippen molar-refractivity contribution >= 4 is 56.6 Å². The van der Waals surface area contributed by atoms with Crippen molar-refractivity contribution in [2.75, 3.05) is 35.2 Å². The van der Waals surface area contributed by atoms with Crippen LogP contribution in [-0.2, 0) is 23.7 Å². The first-order valence-corrected chi connectivity index (χ1v) is 21.2. The van der Waals surface area contributed by atoms with E-state index in [1.807, 2.05) is 64.6 Å². The van der Waals surface area contributed by atoms with Gasteiger partial charge in [0.1, 0.15) is 23.3 Å². The van der Waals surface area contributed by atoms with Crippen LogP contribution < -0.4 is 22.1 Å². The van der Waals surface area contributed by atoms with Crippen molar-refractivity contribution < 1.29 is 9.59 Å². The van der Waals surface area contributed by atoms with Gasteiger partial charge in [-0.15, -0.1) is 0 Å². The summed E-state index contributed by atoms with van der Waals surface area (Å²) in [7, 11) is 3.74. The van der Waals surface area contributed by atoms with Gasteiger partial charge in [-0.3, -0.25) is 28.9 Å². The fraction of sp³-hybridized carbons (Fsp3) is 0.250. The molecule has 0 aromatic carbocycles. The lowest BCUT2D eigenvalue weighted by atomic mass is 10.0. The highest BCUT2D eigenvalue weighted by molar-refractivity contribution is 6.00. The third-order valence-electron chi connectivity index (χ3n) is 11.9. The number of aromatic nitrogens is 10. The number of nitrogen functional groups attached to an aromatic ring is 2. The fourth-order valence-corrected chi connectivity index (χ4v) is 8.04. The minimum Gasteiger partial charge on any atom is -0.383 e. The van der Waals surface area contributed by atoms with Gasteiger partial charge >= 0.3 is 0 Å². The zero-order chi connectivity index (χ0) is 46.2. The Labute approximate surface area is 379 Å². The van der Waals surface area contributed by atoms with E-state index in [0.29, 0.717) is 58.5 Å². The molecule has 2 amide bonds. The molecular formula is C48H44N16O2. The molecule has 66 heavy (non-hydrogen) atoms. The average molecular weight is 877 g/mol. The number of amides is 2. The van der Waals surface area contributed by atoms with Crippen LogP contribution in [0.25, 0.3) is 76.3 Å². The lowest BCUT2D eigenvalue weighted by molar-refractivity contribution is -0.118. The molecule has 4 atom stereocenters. The molecule has 18 heteroatoms. The molecule has 2 aliphatic rings. The fourth-order valence-electron chi connectivity index (χ4n) is 8.04. The summed E-state index contributed by atoms with van der Waals surface area (Å²) >= 11 is 0. The van der Waals surface area contributed by atoms with Gasteiger partial charge in [0.15, 0.2) is 0 Å². The number of carbonyl (C=O) groups excluding carboxylic acids is 2.